The Hall–Kier alpha value is -0.790. The number of ether oxygens (including phenoxy) is 1. The Morgan fingerprint density at radius 1 is 1.50 bits per heavy atom. The highest BCUT2D eigenvalue weighted by Crippen LogP contribution is 2.39. The monoisotopic (exact) mass is 347 g/mol. The number of aliphatic hydroxyl groups excluding tert-OH is 2. The summed E-state index contributed by atoms with van der Waals surface area (Å²) in [6, 6.07) is 0. The zero-order chi connectivity index (χ0) is 16.7. The molecule has 7 nitrogen and oxygen atoms in total. The molecule has 4 atom stereocenters. The van der Waals surface area contributed by atoms with Gasteiger partial charge in [0.05, 0.1) is 13.2 Å². The molecule has 1 fully saturated rings. The topological polar surface area (TPSA) is 97.4 Å². The highest BCUT2D eigenvalue weighted by Gasteiger charge is 2.46. The van der Waals surface area contributed by atoms with Crippen LogP contribution in [0.5, 0.6) is 0 Å². The zero-order valence-electron chi connectivity index (χ0n) is 13.1. The second-order valence-corrected chi connectivity index (χ2v) is 11.1. The molecule has 1 aliphatic heterocycles. The van der Waals surface area contributed by atoms with Crippen LogP contribution in [0.4, 0.5) is 5.95 Å². The first-order chi connectivity index (χ1) is 10.1. The molecule has 124 valence electrons. The van der Waals surface area contributed by atoms with E-state index >= 15 is 0 Å². The van der Waals surface area contributed by atoms with Crippen molar-refractivity contribution < 1.29 is 19.5 Å². The molecule has 1 aromatic heterocycles. The molecule has 0 aromatic carbocycles. The molecule has 0 bridgehead atoms. The summed E-state index contributed by atoms with van der Waals surface area (Å²) < 4.78 is 9.26. The van der Waals surface area contributed by atoms with Crippen molar-refractivity contribution in [1.29, 1.82) is 0 Å². The quantitative estimate of drug-likeness (QED) is 0.394. The normalized spacial score (nSPS) is 29.0. The van der Waals surface area contributed by atoms with E-state index in [0.29, 0.717) is 11.2 Å². The lowest BCUT2D eigenvalue weighted by molar-refractivity contribution is -0.686. The minimum atomic E-state index is -1.21. The third-order valence-corrected chi connectivity index (χ3v) is 5.55. The highest BCUT2D eigenvalue weighted by molar-refractivity contribution is 7.72. The number of aliphatic hydroxyl groups is 2. The molecule has 0 radical (unpaired) electrons. The maximum atomic E-state index is 10.3. The lowest BCUT2D eigenvalue weighted by Crippen LogP contribution is -2.38. The van der Waals surface area contributed by atoms with Crippen LogP contribution in [-0.4, -0.2) is 63.9 Å². The van der Waals surface area contributed by atoms with Crippen molar-refractivity contribution in [2.24, 2.45) is 7.05 Å². The predicted molar refractivity (Wildman–Crippen MR) is 89.9 cm³/mol. The number of anilines is 1. The first kappa shape index (κ1) is 17.6. The van der Waals surface area contributed by atoms with Gasteiger partial charge in [0.15, 0.2) is 6.33 Å². The van der Waals surface area contributed by atoms with E-state index in [1.54, 1.807) is 17.9 Å². The molecule has 1 aromatic rings. The maximum Gasteiger partial charge on any atom is 0.340 e. The van der Waals surface area contributed by atoms with Gasteiger partial charge in [-0.1, -0.05) is 0 Å². The fraction of sp³-hybridized carbons (Fsp3) is 0.692. The molecule has 4 N–H and O–H groups in total. The van der Waals surface area contributed by atoms with Gasteiger partial charge in [0.25, 0.3) is 0 Å². The predicted octanol–water partition coefficient (Wildman–Crippen LogP) is -0.262. The minimum Gasteiger partial charge on any atom is -0.387 e. The van der Waals surface area contributed by atoms with E-state index < -0.39 is 31.4 Å². The lowest BCUT2D eigenvalue weighted by atomic mass is 10.1. The first-order valence-electron chi connectivity index (χ1n) is 7.03. The molecule has 0 aliphatic carbocycles. The number of rotatable bonds is 4. The van der Waals surface area contributed by atoms with E-state index in [2.05, 4.69) is 24.6 Å². The molecule has 0 spiro atoms. The van der Waals surface area contributed by atoms with E-state index in [9.17, 15) is 10.2 Å². The Balaban J connectivity index is 2.21. The zero-order valence-corrected chi connectivity index (χ0v) is 14.8. The van der Waals surface area contributed by atoms with Gasteiger partial charge in [-0.3, -0.25) is 0 Å². The summed E-state index contributed by atoms with van der Waals surface area (Å²) in [5.74, 6) is 0.144. The van der Waals surface area contributed by atoms with Crippen LogP contribution in [0.15, 0.2) is 6.33 Å². The molecule has 0 unspecified atom stereocenters. The molecule has 0 saturated carbocycles. The SMILES string of the molecule is C=P(C)(C)CC[C@H]1O[C@@H](n2c[n+](C)c(=S)nc2N)[C@H](O)[C@@H]1O. The molecule has 22 heavy (non-hydrogen) atoms. The van der Waals surface area contributed by atoms with Crippen molar-refractivity contribution >= 4 is 31.4 Å². The van der Waals surface area contributed by atoms with Gasteiger partial charge < -0.3 is 20.7 Å². The number of nitrogens with two attached hydrogens (primary N) is 1. The third-order valence-electron chi connectivity index (χ3n) is 3.70. The fourth-order valence-electron chi connectivity index (χ4n) is 2.40. The second kappa shape index (κ2) is 6.37. The van der Waals surface area contributed by atoms with Gasteiger partial charge in [-0.2, -0.15) is 4.57 Å². The van der Waals surface area contributed by atoms with Crippen LogP contribution >= 0.6 is 19.1 Å². The third kappa shape index (κ3) is 3.75. The van der Waals surface area contributed by atoms with Crippen molar-refractivity contribution in [1.82, 2.24) is 9.55 Å². The Morgan fingerprint density at radius 2 is 2.14 bits per heavy atom. The first-order valence-corrected chi connectivity index (χ1v) is 10.5. The number of nitrogens with zero attached hydrogens (tertiary/aromatic N) is 3. The second-order valence-electron chi connectivity index (χ2n) is 6.38. The fourth-order valence-corrected chi connectivity index (χ4v) is 3.49. The van der Waals surface area contributed by atoms with Crippen LogP contribution in [0.3, 0.4) is 0 Å². The van der Waals surface area contributed by atoms with E-state index in [-0.39, 0.29) is 5.95 Å². The summed E-state index contributed by atoms with van der Waals surface area (Å²) in [5, 5.41) is 20.5. The van der Waals surface area contributed by atoms with Crippen molar-refractivity contribution in [2.75, 3.05) is 25.2 Å². The summed E-state index contributed by atoms with van der Waals surface area (Å²) in [7, 11) is 1.73. The summed E-state index contributed by atoms with van der Waals surface area (Å²) in [6.07, 6.45) is 4.05. The highest BCUT2D eigenvalue weighted by atomic mass is 32.1. The van der Waals surface area contributed by atoms with Gasteiger partial charge in [0, 0.05) is 0 Å². The largest absolute Gasteiger partial charge is 0.387 e. The van der Waals surface area contributed by atoms with Crippen LogP contribution in [0.25, 0.3) is 0 Å². The maximum absolute atomic E-state index is 10.3. The van der Waals surface area contributed by atoms with Crippen molar-refractivity contribution in [3.63, 3.8) is 0 Å². The van der Waals surface area contributed by atoms with Crippen molar-refractivity contribution in [2.45, 2.75) is 31.0 Å². The average molecular weight is 347 g/mol. The van der Waals surface area contributed by atoms with Crippen molar-refractivity contribution in [3.05, 3.63) is 11.1 Å². The molecule has 1 saturated heterocycles. The number of nitrogen functional groups attached to an aromatic ring is 1. The molecule has 0 amide bonds. The number of aromatic nitrogens is 3. The van der Waals surface area contributed by atoms with Crippen LogP contribution in [0, 0.1) is 4.77 Å². The Bertz CT molecular complexity index is 659. The summed E-state index contributed by atoms with van der Waals surface area (Å²) in [4.78, 5) is 4.03. The minimum absolute atomic E-state index is 0.144. The van der Waals surface area contributed by atoms with Gasteiger partial charge in [-0.15, -0.1) is 13.2 Å². The van der Waals surface area contributed by atoms with Crippen LogP contribution in [-0.2, 0) is 11.8 Å². The summed E-state index contributed by atoms with van der Waals surface area (Å²) in [5.41, 5.74) is 5.86. The molecular weight excluding hydrogens is 323 g/mol. The standard InChI is InChI=1S/C13H23N4O3PS/c1-16-7-17(12(14)15-13(16)22)11-10(19)9(18)8(20-11)5-6-21(2,3)4/h7-11,18-19H,2,5-6H2,1,3-4H3,(H-,14,15,22)/p+1/t8-,9-,10-,11-/m1/s1. The number of hydrogen-bond acceptors (Lipinski definition) is 6. The number of hydrogen-bond donors (Lipinski definition) is 3. The van der Waals surface area contributed by atoms with Crippen molar-refractivity contribution in [3.8, 4) is 0 Å². The lowest BCUT2D eigenvalue weighted by Gasteiger charge is -2.18. The van der Waals surface area contributed by atoms with Gasteiger partial charge in [-0.05, 0) is 43.1 Å². The average Bonchev–Trinajstić information content (AvgIpc) is 2.68. The van der Waals surface area contributed by atoms with Gasteiger partial charge in [0.2, 0.25) is 6.23 Å². The number of aryl methyl sites for hydroxylation is 1. The molecule has 2 heterocycles. The molecular formula is C13H24N4O3PS+. The van der Waals surface area contributed by atoms with Gasteiger partial charge in [-0.25, -0.2) is 4.57 Å². The van der Waals surface area contributed by atoms with Gasteiger partial charge >= 0.3 is 10.7 Å². The van der Waals surface area contributed by atoms with Crippen LogP contribution in [0.1, 0.15) is 12.6 Å². The summed E-state index contributed by atoms with van der Waals surface area (Å²) in [6.45, 7) is 3.04. The van der Waals surface area contributed by atoms with Crippen LogP contribution in [0.2, 0.25) is 0 Å². The Kier molecular flexibility index (Phi) is 5.09. The van der Waals surface area contributed by atoms with E-state index in [1.807, 2.05) is 0 Å². The molecule has 1 aliphatic rings. The Morgan fingerprint density at radius 3 is 2.73 bits per heavy atom. The smallest absolute Gasteiger partial charge is 0.340 e. The molecule has 9 heteroatoms. The van der Waals surface area contributed by atoms with E-state index in [1.165, 1.54) is 4.57 Å². The molecule has 2 rings (SSSR count). The van der Waals surface area contributed by atoms with E-state index in [4.69, 9.17) is 22.7 Å². The Labute approximate surface area is 135 Å². The van der Waals surface area contributed by atoms with Gasteiger partial charge in [0.1, 0.15) is 12.2 Å². The van der Waals surface area contributed by atoms with E-state index in [0.717, 1.165) is 6.16 Å². The van der Waals surface area contributed by atoms with Crippen LogP contribution < -0.4 is 10.3 Å². The summed E-state index contributed by atoms with van der Waals surface area (Å²) >= 11 is 5.04.